The van der Waals surface area contributed by atoms with E-state index in [9.17, 15) is 13.2 Å². The molecule has 1 N–H and O–H groups in total. The second-order valence-corrected chi connectivity index (χ2v) is 8.90. The van der Waals surface area contributed by atoms with Crippen LogP contribution >= 0.6 is 11.6 Å². The summed E-state index contributed by atoms with van der Waals surface area (Å²) in [6.07, 6.45) is 0. The number of benzene rings is 3. The fraction of sp³-hybridized carbons (Fsp3) is 0.190. The average Bonchev–Trinajstić information content (AvgIpc) is 2.71. The molecule has 0 fully saturated rings. The number of fused-ring (bicyclic) bond motifs is 1. The normalized spacial score (nSPS) is 11.6. The Hall–Kier alpha value is -2.61. The Morgan fingerprint density at radius 3 is 2.45 bits per heavy atom. The maximum Gasteiger partial charge on any atom is 0.243 e. The highest BCUT2D eigenvalue weighted by Gasteiger charge is 2.22. The van der Waals surface area contributed by atoms with Crippen LogP contribution in [0.25, 0.3) is 10.8 Å². The molecule has 0 aromatic heterocycles. The van der Waals surface area contributed by atoms with E-state index in [4.69, 9.17) is 16.3 Å². The molecule has 0 aliphatic heterocycles. The largest absolute Gasteiger partial charge is 0.492 e. The molecule has 3 aromatic rings. The Morgan fingerprint density at radius 1 is 1.03 bits per heavy atom. The quantitative estimate of drug-likeness (QED) is 0.554. The fourth-order valence-corrected chi connectivity index (χ4v) is 4.00. The molecule has 152 valence electrons. The van der Waals surface area contributed by atoms with Crippen molar-refractivity contribution in [3.63, 3.8) is 0 Å². The Morgan fingerprint density at radius 2 is 1.72 bits per heavy atom. The van der Waals surface area contributed by atoms with Crippen LogP contribution < -0.4 is 10.1 Å². The van der Waals surface area contributed by atoms with Crippen molar-refractivity contribution in [3.05, 3.63) is 71.8 Å². The van der Waals surface area contributed by atoms with Crippen molar-refractivity contribution in [1.82, 2.24) is 9.62 Å². The van der Waals surface area contributed by atoms with Crippen molar-refractivity contribution in [2.45, 2.75) is 4.90 Å². The fourth-order valence-electron chi connectivity index (χ4n) is 2.75. The highest BCUT2D eigenvalue weighted by molar-refractivity contribution is 7.89. The van der Waals surface area contributed by atoms with E-state index < -0.39 is 15.9 Å². The molecule has 1 amide bonds. The van der Waals surface area contributed by atoms with Crippen LogP contribution in [-0.2, 0) is 14.8 Å². The number of rotatable bonds is 8. The van der Waals surface area contributed by atoms with E-state index in [1.165, 1.54) is 31.3 Å². The van der Waals surface area contributed by atoms with Crippen molar-refractivity contribution in [3.8, 4) is 5.75 Å². The zero-order valence-electron chi connectivity index (χ0n) is 15.8. The molecule has 0 bridgehead atoms. The molecule has 0 saturated heterocycles. The second kappa shape index (κ2) is 9.26. The molecule has 0 atom stereocenters. The van der Waals surface area contributed by atoms with Gasteiger partial charge >= 0.3 is 0 Å². The molecule has 29 heavy (non-hydrogen) atoms. The van der Waals surface area contributed by atoms with E-state index in [0.717, 1.165) is 15.1 Å². The number of ether oxygens (including phenoxy) is 1. The summed E-state index contributed by atoms with van der Waals surface area (Å²) in [7, 11) is -2.41. The number of carbonyl (C=O) groups is 1. The van der Waals surface area contributed by atoms with Crippen LogP contribution in [0.1, 0.15) is 0 Å². The first-order chi connectivity index (χ1) is 13.9. The number of likely N-dealkylation sites (N-methyl/N-ethyl adjacent to an activating group) is 1. The van der Waals surface area contributed by atoms with E-state index in [1.54, 1.807) is 0 Å². The first kappa shape index (κ1) is 21.1. The van der Waals surface area contributed by atoms with E-state index in [2.05, 4.69) is 5.32 Å². The van der Waals surface area contributed by atoms with E-state index >= 15 is 0 Å². The molecule has 0 heterocycles. The van der Waals surface area contributed by atoms with Gasteiger partial charge in [0, 0.05) is 12.1 Å². The molecule has 0 aliphatic carbocycles. The van der Waals surface area contributed by atoms with Crippen molar-refractivity contribution in [1.29, 1.82) is 0 Å². The topological polar surface area (TPSA) is 75.7 Å². The number of sulfonamides is 1. The highest BCUT2D eigenvalue weighted by atomic mass is 35.5. The third-order valence-electron chi connectivity index (χ3n) is 4.30. The summed E-state index contributed by atoms with van der Waals surface area (Å²) in [5.74, 6) is 0.299. The lowest BCUT2D eigenvalue weighted by Crippen LogP contribution is -2.39. The third kappa shape index (κ3) is 5.47. The lowest BCUT2D eigenvalue weighted by Gasteiger charge is -2.17. The Balaban J connectivity index is 1.47. The highest BCUT2D eigenvalue weighted by Crippen LogP contribution is 2.20. The van der Waals surface area contributed by atoms with Crippen LogP contribution in [0, 0.1) is 0 Å². The summed E-state index contributed by atoms with van der Waals surface area (Å²) in [4.78, 5) is 12.2. The molecule has 6 nitrogen and oxygen atoms in total. The van der Waals surface area contributed by atoms with Crippen LogP contribution in [0.3, 0.4) is 0 Å². The van der Waals surface area contributed by atoms with Gasteiger partial charge in [0.15, 0.2) is 0 Å². The van der Waals surface area contributed by atoms with Gasteiger partial charge in [0.2, 0.25) is 15.9 Å². The van der Waals surface area contributed by atoms with Gasteiger partial charge in [0.25, 0.3) is 0 Å². The Kier molecular flexibility index (Phi) is 6.74. The molecule has 3 rings (SSSR count). The molecule has 0 saturated carbocycles. The first-order valence-electron chi connectivity index (χ1n) is 8.96. The summed E-state index contributed by atoms with van der Waals surface area (Å²) >= 11 is 5.79. The minimum Gasteiger partial charge on any atom is -0.492 e. The van der Waals surface area contributed by atoms with Crippen molar-refractivity contribution in [2.24, 2.45) is 0 Å². The molecule has 0 radical (unpaired) electrons. The van der Waals surface area contributed by atoms with Gasteiger partial charge in [-0.2, -0.15) is 4.31 Å². The summed E-state index contributed by atoms with van der Waals surface area (Å²) in [6.45, 7) is 0.249. The molecular weight excluding hydrogens is 412 g/mol. The maximum absolute atomic E-state index is 12.5. The van der Waals surface area contributed by atoms with Gasteiger partial charge in [0.05, 0.1) is 18.0 Å². The minimum absolute atomic E-state index is 0.0804. The van der Waals surface area contributed by atoms with Crippen molar-refractivity contribution >= 4 is 38.3 Å². The minimum atomic E-state index is -3.76. The van der Waals surface area contributed by atoms with Gasteiger partial charge in [-0.05, 0) is 47.2 Å². The SMILES string of the molecule is CN(CC(=O)NCCOc1ccc2ccccc2c1)S(=O)(=O)c1ccc(Cl)cc1. The molecular formula is C21H21ClN2O4S. The zero-order chi connectivity index (χ0) is 20.9. The van der Waals surface area contributed by atoms with Gasteiger partial charge in [-0.25, -0.2) is 8.42 Å². The number of nitrogens with zero attached hydrogens (tertiary/aromatic N) is 1. The van der Waals surface area contributed by atoms with E-state index in [-0.39, 0.29) is 24.6 Å². The molecule has 0 aliphatic rings. The molecule has 3 aromatic carbocycles. The molecule has 8 heteroatoms. The van der Waals surface area contributed by atoms with E-state index in [0.29, 0.717) is 10.8 Å². The number of carbonyl (C=O) groups excluding carboxylic acids is 1. The number of hydrogen-bond donors (Lipinski definition) is 1. The van der Waals surface area contributed by atoms with Crippen LogP contribution in [-0.4, -0.2) is 45.4 Å². The van der Waals surface area contributed by atoms with Gasteiger partial charge < -0.3 is 10.1 Å². The van der Waals surface area contributed by atoms with Crippen LogP contribution in [0.2, 0.25) is 5.02 Å². The van der Waals surface area contributed by atoms with Gasteiger partial charge in [-0.3, -0.25) is 4.79 Å². The monoisotopic (exact) mass is 432 g/mol. The summed E-state index contributed by atoms with van der Waals surface area (Å²) in [5.41, 5.74) is 0. The predicted molar refractivity (Wildman–Crippen MR) is 114 cm³/mol. The van der Waals surface area contributed by atoms with Gasteiger partial charge in [0.1, 0.15) is 12.4 Å². The number of halogens is 1. The second-order valence-electron chi connectivity index (χ2n) is 6.42. The Bertz CT molecular complexity index is 1100. The van der Waals surface area contributed by atoms with Crippen molar-refractivity contribution in [2.75, 3.05) is 26.7 Å². The molecule has 0 unspecified atom stereocenters. The average molecular weight is 433 g/mol. The number of nitrogens with one attached hydrogen (secondary N) is 1. The number of hydrogen-bond acceptors (Lipinski definition) is 4. The third-order valence-corrected chi connectivity index (χ3v) is 6.37. The lowest BCUT2D eigenvalue weighted by atomic mass is 10.1. The predicted octanol–water partition coefficient (Wildman–Crippen LogP) is 3.31. The Labute approximate surface area is 175 Å². The zero-order valence-corrected chi connectivity index (χ0v) is 17.4. The van der Waals surface area contributed by atoms with Crippen LogP contribution in [0.5, 0.6) is 5.75 Å². The van der Waals surface area contributed by atoms with Crippen LogP contribution in [0.15, 0.2) is 71.6 Å². The number of amides is 1. The lowest BCUT2D eigenvalue weighted by molar-refractivity contribution is -0.121. The first-order valence-corrected chi connectivity index (χ1v) is 10.8. The smallest absolute Gasteiger partial charge is 0.243 e. The van der Waals surface area contributed by atoms with E-state index in [1.807, 2.05) is 42.5 Å². The van der Waals surface area contributed by atoms with Crippen LogP contribution in [0.4, 0.5) is 0 Å². The van der Waals surface area contributed by atoms with Gasteiger partial charge in [-0.15, -0.1) is 0 Å². The summed E-state index contributed by atoms with van der Waals surface area (Å²) < 4.78 is 31.6. The standard InChI is InChI=1S/C21H21ClN2O4S/c1-24(29(26,27)20-10-7-18(22)8-11-20)15-21(25)23-12-13-28-19-9-6-16-4-2-3-5-17(16)14-19/h2-11,14H,12-13,15H2,1H3,(H,23,25). The maximum atomic E-state index is 12.5. The molecule has 0 spiro atoms. The van der Waals surface area contributed by atoms with Crippen molar-refractivity contribution < 1.29 is 17.9 Å². The summed E-state index contributed by atoms with van der Waals surface area (Å²) in [6, 6.07) is 19.5. The van der Waals surface area contributed by atoms with Gasteiger partial charge in [-0.1, -0.05) is 41.9 Å². The summed E-state index contributed by atoms with van der Waals surface area (Å²) in [5, 5.41) is 5.30.